The maximum atomic E-state index is 13.1. The van der Waals surface area contributed by atoms with Crippen molar-refractivity contribution < 1.29 is 14.3 Å². The SMILES string of the molecule is C/C=C/c1ccc(OCCCn2c(C3CC(=O)N(c4ccccc4CC)C3)nc3ccccc32)c(OC)c1. The van der Waals surface area contributed by atoms with Gasteiger partial charge >= 0.3 is 0 Å². The lowest BCUT2D eigenvalue weighted by molar-refractivity contribution is -0.117. The van der Waals surface area contributed by atoms with Crippen molar-refractivity contribution in [1.29, 1.82) is 0 Å². The molecule has 1 unspecified atom stereocenters. The lowest BCUT2D eigenvalue weighted by Gasteiger charge is -2.20. The van der Waals surface area contributed by atoms with Crippen LogP contribution in [-0.2, 0) is 17.8 Å². The van der Waals surface area contributed by atoms with Crippen LogP contribution in [0.5, 0.6) is 11.5 Å². The second-order valence-electron chi connectivity index (χ2n) is 9.61. The number of carbonyl (C=O) groups excluding carboxylic acids is 1. The van der Waals surface area contributed by atoms with Crippen molar-refractivity contribution in [3.05, 3.63) is 89.8 Å². The molecule has 5 rings (SSSR count). The number of hydrogen-bond donors (Lipinski definition) is 0. The molecule has 3 aromatic carbocycles. The van der Waals surface area contributed by atoms with Gasteiger partial charge in [0.15, 0.2) is 11.5 Å². The second-order valence-corrected chi connectivity index (χ2v) is 9.61. The van der Waals surface area contributed by atoms with Gasteiger partial charge in [-0.25, -0.2) is 4.98 Å². The van der Waals surface area contributed by atoms with Gasteiger partial charge in [-0.05, 0) is 61.2 Å². The molecule has 0 N–H and O–H groups in total. The summed E-state index contributed by atoms with van der Waals surface area (Å²) >= 11 is 0. The van der Waals surface area contributed by atoms with Gasteiger partial charge in [0, 0.05) is 31.1 Å². The highest BCUT2D eigenvalue weighted by Crippen LogP contribution is 2.35. The van der Waals surface area contributed by atoms with Gasteiger partial charge in [0.2, 0.25) is 5.91 Å². The fraction of sp³-hybridized carbons (Fsp3) is 0.312. The summed E-state index contributed by atoms with van der Waals surface area (Å²) in [4.78, 5) is 20.1. The highest BCUT2D eigenvalue weighted by molar-refractivity contribution is 5.97. The van der Waals surface area contributed by atoms with Crippen LogP contribution in [0.2, 0.25) is 0 Å². The van der Waals surface area contributed by atoms with Crippen molar-refractivity contribution in [2.75, 3.05) is 25.2 Å². The van der Waals surface area contributed by atoms with E-state index in [2.05, 4.69) is 29.7 Å². The molecule has 1 fully saturated rings. The van der Waals surface area contributed by atoms with E-state index in [1.807, 2.05) is 72.5 Å². The summed E-state index contributed by atoms with van der Waals surface area (Å²) in [5.74, 6) is 2.64. The number of amides is 1. The minimum Gasteiger partial charge on any atom is -0.493 e. The molecule has 1 atom stereocenters. The van der Waals surface area contributed by atoms with E-state index >= 15 is 0 Å². The maximum absolute atomic E-state index is 13.1. The van der Waals surface area contributed by atoms with E-state index in [1.165, 1.54) is 5.56 Å². The van der Waals surface area contributed by atoms with Crippen molar-refractivity contribution in [1.82, 2.24) is 9.55 Å². The zero-order chi connectivity index (χ0) is 26.5. The van der Waals surface area contributed by atoms with Gasteiger partial charge in [-0.1, -0.05) is 55.5 Å². The number of imidazole rings is 1. The molecule has 6 heteroatoms. The summed E-state index contributed by atoms with van der Waals surface area (Å²) in [5, 5.41) is 0. The molecule has 0 aliphatic carbocycles. The maximum Gasteiger partial charge on any atom is 0.227 e. The minimum absolute atomic E-state index is 0.0417. The van der Waals surface area contributed by atoms with Gasteiger partial charge in [-0.2, -0.15) is 0 Å². The molecule has 0 saturated carbocycles. The molecule has 196 valence electrons. The smallest absolute Gasteiger partial charge is 0.227 e. The van der Waals surface area contributed by atoms with E-state index in [0.29, 0.717) is 19.6 Å². The van der Waals surface area contributed by atoms with Crippen LogP contribution in [0, 0.1) is 0 Å². The topological polar surface area (TPSA) is 56.6 Å². The fourth-order valence-corrected chi connectivity index (χ4v) is 5.33. The van der Waals surface area contributed by atoms with Crippen molar-refractivity contribution >= 4 is 28.7 Å². The fourth-order valence-electron chi connectivity index (χ4n) is 5.33. The van der Waals surface area contributed by atoms with Crippen molar-refractivity contribution in [2.45, 2.75) is 45.6 Å². The molecule has 1 aliphatic rings. The zero-order valence-corrected chi connectivity index (χ0v) is 22.4. The second kappa shape index (κ2) is 11.5. The quantitative estimate of drug-likeness (QED) is 0.225. The molecular formula is C32H35N3O3. The van der Waals surface area contributed by atoms with Gasteiger partial charge in [-0.3, -0.25) is 4.79 Å². The van der Waals surface area contributed by atoms with Gasteiger partial charge in [-0.15, -0.1) is 0 Å². The Balaban J connectivity index is 1.33. The molecule has 1 aliphatic heterocycles. The van der Waals surface area contributed by atoms with Crippen LogP contribution >= 0.6 is 0 Å². The number of hydrogen-bond acceptors (Lipinski definition) is 4. The summed E-state index contributed by atoms with van der Waals surface area (Å²) in [6.07, 6.45) is 6.20. The standard InChI is InChI=1S/C32H35N3O3/c1-4-11-23-16-17-29(30(20-23)37-3)38-19-10-18-34-28-15-9-7-13-26(28)33-32(34)25-21-31(36)35(22-25)27-14-8-6-12-24(27)5-2/h4,6-9,11-17,20,25H,5,10,18-19,21-22H2,1-3H3/b11-4+. The monoisotopic (exact) mass is 509 g/mol. The van der Waals surface area contributed by atoms with E-state index in [-0.39, 0.29) is 11.8 Å². The number of nitrogens with zero attached hydrogens (tertiary/aromatic N) is 3. The van der Waals surface area contributed by atoms with E-state index in [0.717, 1.165) is 59.0 Å². The first kappa shape index (κ1) is 25.6. The molecule has 4 aromatic rings. The zero-order valence-electron chi connectivity index (χ0n) is 22.4. The number of ether oxygens (including phenoxy) is 2. The number of methoxy groups -OCH3 is 1. The number of rotatable bonds is 10. The lowest BCUT2D eigenvalue weighted by Crippen LogP contribution is -2.25. The van der Waals surface area contributed by atoms with Crippen LogP contribution in [0.15, 0.2) is 72.8 Å². The van der Waals surface area contributed by atoms with Gasteiger partial charge in [0.05, 0.1) is 24.8 Å². The molecule has 0 spiro atoms. The average molecular weight is 510 g/mol. The van der Waals surface area contributed by atoms with Crippen LogP contribution in [0.1, 0.15) is 49.6 Å². The van der Waals surface area contributed by atoms with Gasteiger partial charge < -0.3 is 18.9 Å². The molecular weight excluding hydrogens is 474 g/mol. The largest absolute Gasteiger partial charge is 0.493 e. The molecule has 1 saturated heterocycles. The van der Waals surface area contributed by atoms with Crippen molar-refractivity contribution in [3.8, 4) is 11.5 Å². The molecule has 0 radical (unpaired) electrons. The highest BCUT2D eigenvalue weighted by atomic mass is 16.5. The number of benzene rings is 3. The Bertz CT molecular complexity index is 1460. The van der Waals surface area contributed by atoms with Crippen LogP contribution in [0.4, 0.5) is 5.69 Å². The Kier molecular flexibility index (Phi) is 7.78. The first-order valence-corrected chi connectivity index (χ1v) is 13.4. The molecule has 1 amide bonds. The van der Waals surface area contributed by atoms with Crippen molar-refractivity contribution in [3.63, 3.8) is 0 Å². The molecule has 2 heterocycles. The lowest BCUT2D eigenvalue weighted by atomic mass is 10.1. The number of para-hydroxylation sites is 3. The number of fused-ring (bicyclic) bond motifs is 1. The normalized spacial score (nSPS) is 15.6. The third-order valence-corrected chi connectivity index (χ3v) is 7.17. The Morgan fingerprint density at radius 3 is 2.68 bits per heavy atom. The number of anilines is 1. The summed E-state index contributed by atoms with van der Waals surface area (Å²) < 4.78 is 13.9. The van der Waals surface area contributed by atoms with E-state index in [4.69, 9.17) is 14.5 Å². The van der Waals surface area contributed by atoms with Crippen molar-refractivity contribution in [2.24, 2.45) is 0 Å². The third kappa shape index (κ3) is 5.17. The summed E-state index contributed by atoms with van der Waals surface area (Å²) in [7, 11) is 1.66. The van der Waals surface area contributed by atoms with Gasteiger partial charge in [0.25, 0.3) is 0 Å². The van der Waals surface area contributed by atoms with E-state index in [1.54, 1.807) is 7.11 Å². The molecule has 0 bridgehead atoms. The number of aromatic nitrogens is 2. The van der Waals surface area contributed by atoms with E-state index < -0.39 is 0 Å². The van der Waals surface area contributed by atoms with Crippen LogP contribution < -0.4 is 14.4 Å². The number of carbonyl (C=O) groups is 1. The Morgan fingerprint density at radius 2 is 1.87 bits per heavy atom. The first-order chi connectivity index (χ1) is 18.6. The predicted molar refractivity (Wildman–Crippen MR) is 153 cm³/mol. The number of aryl methyl sites for hydroxylation is 2. The first-order valence-electron chi connectivity index (χ1n) is 13.4. The van der Waals surface area contributed by atoms with E-state index in [9.17, 15) is 4.79 Å². The van der Waals surface area contributed by atoms with Crippen LogP contribution in [0.25, 0.3) is 17.1 Å². The Hall–Kier alpha value is -4.06. The summed E-state index contributed by atoms with van der Waals surface area (Å²) in [6, 6.07) is 22.4. The van der Waals surface area contributed by atoms with Gasteiger partial charge in [0.1, 0.15) is 5.82 Å². The van der Waals surface area contributed by atoms with Crippen LogP contribution in [0.3, 0.4) is 0 Å². The number of allylic oxidation sites excluding steroid dienone is 1. The average Bonchev–Trinajstić information content (AvgIpc) is 3.52. The predicted octanol–water partition coefficient (Wildman–Crippen LogP) is 6.63. The minimum atomic E-state index is 0.0417. The Morgan fingerprint density at radius 1 is 1.05 bits per heavy atom. The summed E-state index contributed by atoms with van der Waals surface area (Å²) in [5.41, 5.74) is 5.35. The van der Waals surface area contributed by atoms with Crippen LogP contribution in [-0.4, -0.2) is 35.7 Å². The highest BCUT2D eigenvalue weighted by Gasteiger charge is 2.35. The molecule has 38 heavy (non-hydrogen) atoms. The Labute approximate surface area is 224 Å². The summed E-state index contributed by atoms with van der Waals surface area (Å²) in [6.45, 7) is 6.07. The molecule has 6 nitrogen and oxygen atoms in total. The molecule has 1 aromatic heterocycles. The third-order valence-electron chi connectivity index (χ3n) is 7.17.